The van der Waals surface area contributed by atoms with Crippen LogP contribution in [0.25, 0.3) is 21.8 Å². The van der Waals surface area contributed by atoms with Gasteiger partial charge in [0, 0.05) is 27.4 Å². The van der Waals surface area contributed by atoms with E-state index in [4.69, 9.17) is 5.73 Å². The van der Waals surface area contributed by atoms with Gasteiger partial charge in [-0.15, -0.1) is 0 Å². The Bertz CT molecular complexity index is 1180. The molecule has 0 aliphatic heterocycles. The van der Waals surface area contributed by atoms with Crippen LogP contribution in [0.5, 0.6) is 0 Å². The van der Waals surface area contributed by atoms with Gasteiger partial charge in [0.15, 0.2) is 17.5 Å². The Kier molecular flexibility index (Phi) is 3.68. The number of primary amides is 1. The smallest absolute Gasteiger partial charge is 0.249 e. The number of aromatic nitrogens is 1. The number of amides is 1. The first kappa shape index (κ1) is 16.2. The van der Waals surface area contributed by atoms with Gasteiger partial charge in [0.05, 0.1) is 12.1 Å². The first-order valence-electron chi connectivity index (χ1n) is 7.91. The van der Waals surface area contributed by atoms with E-state index < -0.39 is 23.4 Å². The first-order valence-corrected chi connectivity index (χ1v) is 7.91. The summed E-state index contributed by atoms with van der Waals surface area (Å²) < 4.78 is 42.7. The first-order chi connectivity index (χ1) is 12.5. The van der Waals surface area contributed by atoms with Gasteiger partial charge in [0.25, 0.3) is 0 Å². The standard InChI is InChI=1S/C20H13F3N2O/c21-14-9-8-11(18(22)19(14)23)10-25-15-6-2-1-4-12(15)17-13(20(24)26)5-3-7-16(17)25/h1-9H,10H2,(H2,24,26). The van der Waals surface area contributed by atoms with Crippen LogP contribution in [0.1, 0.15) is 15.9 Å². The van der Waals surface area contributed by atoms with Gasteiger partial charge in [-0.1, -0.05) is 30.3 Å². The van der Waals surface area contributed by atoms with E-state index >= 15 is 0 Å². The number of carbonyl (C=O) groups excluding carboxylic acids is 1. The molecule has 0 unspecified atom stereocenters. The third kappa shape index (κ3) is 2.34. The third-order valence-corrected chi connectivity index (χ3v) is 4.51. The van der Waals surface area contributed by atoms with Gasteiger partial charge in [-0.2, -0.15) is 0 Å². The molecule has 3 aromatic carbocycles. The van der Waals surface area contributed by atoms with Crippen molar-refractivity contribution in [3.63, 3.8) is 0 Å². The van der Waals surface area contributed by atoms with Gasteiger partial charge in [0.2, 0.25) is 5.91 Å². The second kappa shape index (κ2) is 5.91. The van der Waals surface area contributed by atoms with Crippen molar-refractivity contribution in [2.75, 3.05) is 0 Å². The highest BCUT2D eigenvalue weighted by Gasteiger charge is 2.19. The van der Waals surface area contributed by atoms with Crippen molar-refractivity contribution in [3.05, 3.63) is 83.2 Å². The molecule has 0 radical (unpaired) electrons. The molecule has 0 spiro atoms. The summed E-state index contributed by atoms with van der Waals surface area (Å²) in [5, 5.41) is 1.43. The predicted octanol–water partition coefficient (Wildman–Crippen LogP) is 4.36. The van der Waals surface area contributed by atoms with Crippen LogP contribution < -0.4 is 5.73 Å². The zero-order valence-corrected chi connectivity index (χ0v) is 13.5. The average Bonchev–Trinajstić information content (AvgIpc) is 2.96. The maximum Gasteiger partial charge on any atom is 0.249 e. The maximum absolute atomic E-state index is 14.2. The van der Waals surface area contributed by atoms with Crippen LogP contribution in [0, 0.1) is 17.5 Å². The van der Waals surface area contributed by atoms with Gasteiger partial charge in [-0.3, -0.25) is 4.79 Å². The molecule has 1 aromatic heterocycles. The topological polar surface area (TPSA) is 48.0 Å². The van der Waals surface area contributed by atoms with Crippen molar-refractivity contribution in [2.45, 2.75) is 6.54 Å². The van der Waals surface area contributed by atoms with Crippen LogP contribution in [0.4, 0.5) is 13.2 Å². The van der Waals surface area contributed by atoms with Crippen molar-refractivity contribution in [2.24, 2.45) is 5.73 Å². The minimum atomic E-state index is -1.50. The number of nitrogens with zero attached hydrogens (tertiary/aromatic N) is 1. The van der Waals surface area contributed by atoms with Crippen LogP contribution in [0.15, 0.2) is 54.6 Å². The van der Waals surface area contributed by atoms with Crippen molar-refractivity contribution in [1.82, 2.24) is 4.57 Å². The second-order valence-electron chi connectivity index (χ2n) is 6.00. The molecule has 3 nitrogen and oxygen atoms in total. The second-order valence-corrected chi connectivity index (χ2v) is 6.00. The molecule has 0 atom stereocenters. The lowest BCUT2D eigenvalue weighted by molar-refractivity contribution is 0.100. The summed E-state index contributed by atoms with van der Waals surface area (Å²) in [5.41, 5.74) is 7.25. The molecule has 130 valence electrons. The Hall–Kier alpha value is -3.28. The molecule has 2 N–H and O–H groups in total. The summed E-state index contributed by atoms with van der Waals surface area (Å²) >= 11 is 0. The highest BCUT2D eigenvalue weighted by molar-refractivity contribution is 6.17. The van der Waals surface area contributed by atoms with E-state index in [9.17, 15) is 18.0 Å². The third-order valence-electron chi connectivity index (χ3n) is 4.51. The van der Waals surface area contributed by atoms with E-state index in [1.165, 1.54) is 6.07 Å². The Morgan fingerprint density at radius 1 is 0.885 bits per heavy atom. The summed E-state index contributed by atoms with van der Waals surface area (Å²) in [6, 6.07) is 14.5. The van der Waals surface area contributed by atoms with E-state index in [1.807, 2.05) is 24.3 Å². The van der Waals surface area contributed by atoms with Crippen LogP contribution in [-0.2, 0) is 6.54 Å². The Morgan fingerprint density at radius 3 is 2.38 bits per heavy atom. The number of para-hydroxylation sites is 1. The van der Waals surface area contributed by atoms with Crippen molar-refractivity contribution in [1.29, 1.82) is 0 Å². The maximum atomic E-state index is 14.2. The molecule has 4 rings (SSSR count). The fourth-order valence-electron chi connectivity index (χ4n) is 3.33. The minimum absolute atomic E-state index is 0.0102. The number of hydrogen-bond acceptors (Lipinski definition) is 1. The van der Waals surface area contributed by atoms with Gasteiger partial charge >= 0.3 is 0 Å². The minimum Gasteiger partial charge on any atom is -0.366 e. The Morgan fingerprint density at radius 2 is 1.62 bits per heavy atom. The summed E-state index contributed by atoms with van der Waals surface area (Å²) in [7, 11) is 0. The summed E-state index contributed by atoms with van der Waals surface area (Å²) in [6.07, 6.45) is 0. The molecular weight excluding hydrogens is 341 g/mol. The summed E-state index contributed by atoms with van der Waals surface area (Å²) in [4.78, 5) is 11.8. The summed E-state index contributed by atoms with van der Waals surface area (Å²) in [6.45, 7) is -0.0186. The fraction of sp³-hybridized carbons (Fsp3) is 0.0500. The normalized spacial score (nSPS) is 11.3. The van der Waals surface area contributed by atoms with Crippen LogP contribution >= 0.6 is 0 Å². The largest absolute Gasteiger partial charge is 0.366 e. The number of nitrogens with two attached hydrogens (primary N) is 1. The zero-order chi connectivity index (χ0) is 18.4. The fourth-order valence-corrected chi connectivity index (χ4v) is 3.33. The average molecular weight is 354 g/mol. The molecule has 0 aliphatic carbocycles. The lowest BCUT2D eigenvalue weighted by Crippen LogP contribution is -2.11. The van der Waals surface area contributed by atoms with E-state index in [1.54, 1.807) is 22.8 Å². The molecule has 0 saturated heterocycles. The molecule has 6 heteroatoms. The van der Waals surface area contributed by atoms with Gasteiger partial charge in [-0.25, -0.2) is 13.2 Å². The van der Waals surface area contributed by atoms with Crippen LogP contribution in [0.2, 0.25) is 0 Å². The molecular formula is C20H13F3N2O. The van der Waals surface area contributed by atoms with Gasteiger partial charge in [-0.05, 0) is 24.3 Å². The SMILES string of the molecule is NC(=O)c1cccc2c1c1ccccc1n2Cc1ccc(F)c(F)c1F. The van der Waals surface area contributed by atoms with E-state index in [-0.39, 0.29) is 12.1 Å². The van der Waals surface area contributed by atoms with E-state index in [2.05, 4.69) is 0 Å². The number of halogens is 3. The Labute approximate surface area is 146 Å². The number of rotatable bonds is 3. The molecule has 4 aromatic rings. The van der Waals surface area contributed by atoms with Crippen LogP contribution in [-0.4, -0.2) is 10.5 Å². The number of hydrogen-bond donors (Lipinski definition) is 1. The van der Waals surface area contributed by atoms with Gasteiger partial charge < -0.3 is 10.3 Å². The zero-order valence-electron chi connectivity index (χ0n) is 13.5. The van der Waals surface area contributed by atoms with Gasteiger partial charge in [0.1, 0.15) is 0 Å². The predicted molar refractivity (Wildman–Crippen MR) is 93.4 cm³/mol. The molecule has 0 bridgehead atoms. The highest BCUT2D eigenvalue weighted by atomic mass is 19.2. The quantitative estimate of drug-likeness (QED) is 0.546. The van der Waals surface area contributed by atoms with Crippen LogP contribution in [0.3, 0.4) is 0 Å². The number of carbonyl (C=O) groups is 1. The van der Waals surface area contributed by atoms with Crippen molar-refractivity contribution < 1.29 is 18.0 Å². The lowest BCUT2D eigenvalue weighted by atomic mass is 10.1. The highest BCUT2D eigenvalue weighted by Crippen LogP contribution is 2.32. The lowest BCUT2D eigenvalue weighted by Gasteiger charge is -2.10. The summed E-state index contributed by atoms with van der Waals surface area (Å²) in [5.74, 6) is -4.52. The molecule has 26 heavy (non-hydrogen) atoms. The number of fused-ring (bicyclic) bond motifs is 3. The number of benzene rings is 3. The van der Waals surface area contributed by atoms with E-state index in [0.29, 0.717) is 16.5 Å². The molecule has 1 amide bonds. The molecule has 0 aliphatic rings. The Balaban J connectivity index is 2.02. The molecule has 1 heterocycles. The van der Waals surface area contributed by atoms with Crippen molar-refractivity contribution in [3.8, 4) is 0 Å². The van der Waals surface area contributed by atoms with E-state index in [0.717, 1.165) is 17.0 Å². The monoisotopic (exact) mass is 354 g/mol. The van der Waals surface area contributed by atoms with Crippen molar-refractivity contribution >= 4 is 27.7 Å². The molecule has 0 fully saturated rings. The molecule has 0 saturated carbocycles.